The van der Waals surface area contributed by atoms with E-state index in [1.807, 2.05) is 28.8 Å². The van der Waals surface area contributed by atoms with Crippen LogP contribution in [0.5, 0.6) is 0 Å². The van der Waals surface area contributed by atoms with Gasteiger partial charge in [0.15, 0.2) is 0 Å². The highest BCUT2D eigenvalue weighted by Gasteiger charge is 2.21. The Morgan fingerprint density at radius 1 is 1.41 bits per heavy atom. The second-order valence-electron chi connectivity index (χ2n) is 5.03. The molecule has 0 saturated carbocycles. The van der Waals surface area contributed by atoms with E-state index >= 15 is 0 Å². The topological polar surface area (TPSA) is 75.5 Å². The number of aliphatic imine (C=N–C) groups is 1. The summed E-state index contributed by atoms with van der Waals surface area (Å²) in [5.41, 5.74) is 0.873. The summed E-state index contributed by atoms with van der Waals surface area (Å²) in [4.78, 5) is 4.65. The number of fused-ring (bicyclic) bond motifs is 1. The van der Waals surface area contributed by atoms with E-state index in [1.165, 1.54) is 6.08 Å². The molecule has 2 N–H and O–H groups in total. The van der Waals surface area contributed by atoms with Gasteiger partial charge < -0.3 is 9.88 Å². The number of rotatable bonds is 6. The highest BCUT2D eigenvalue weighted by molar-refractivity contribution is 7.89. The van der Waals surface area contributed by atoms with Crippen molar-refractivity contribution in [2.24, 2.45) is 4.99 Å². The van der Waals surface area contributed by atoms with Crippen molar-refractivity contribution in [3.8, 4) is 0 Å². The zero-order chi connectivity index (χ0) is 15.6. The first-order valence-electron chi connectivity index (χ1n) is 7.07. The highest BCUT2D eigenvalue weighted by Crippen LogP contribution is 2.25. The van der Waals surface area contributed by atoms with Gasteiger partial charge in [-0.2, -0.15) is 0 Å². The largest absolute Gasteiger partial charge is 0.370 e. The zero-order valence-corrected chi connectivity index (χ0v) is 12.9. The van der Waals surface area contributed by atoms with Crippen molar-refractivity contribution < 1.29 is 8.42 Å². The fraction of sp³-hybridized carbons (Fsp3) is 0.267. The number of hydrogen-bond acceptors (Lipinski definition) is 4. The van der Waals surface area contributed by atoms with E-state index < -0.39 is 10.0 Å². The van der Waals surface area contributed by atoms with Crippen LogP contribution in [-0.4, -0.2) is 38.5 Å². The van der Waals surface area contributed by atoms with Crippen LogP contribution in [0.4, 0.5) is 0 Å². The molecule has 0 atom stereocenters. The average Bonchev–Trinajstić information content (AvgIpc) is 3.14. The predicted octanol–water partition coefficient (Wildman–Crippen LogP) is 1.11. The van der Waals surface area contributed by atoms with Gasteiger partial charge in [0.25, 0.3) is 0 Å². The first-order valence-corrected chi connectivity index (χ1v) is 8.56. The van der Waals surface area contributed by atoms with Crippen LogP contribution in [0.1, 0.15) is 0 Å². The standard InChI is InChI=1S/C15H18N4O2S/c1-2-7-18-22(20,21)14-10-19(11-15-16-8-9-17-15)13-6-4-3-5-12(13)14/h2-6,10,18H,1,7-9,11H2,(H,16,17). The van der Waals surface area contributed by atoms with E-state index in [0.29, 0.717) is 11.9 Å². The third kappa shape index (κ3) is 2.77. The van der Waals surface area contributed by atoms with Gasteiger partial charge in [-0.15, -0.1) is 6.58 Å². The Balaban J connectivity index is 2.05. The summed E-state index contributed by atoms with van der Waals surface area (Å²) in [5, 5.41) is 3.91. The van der Waals surface area contributed by atoms with E-state index in [-0.39, 0.29) is 11.4 Å². The molecule has 3 rings (SSSR count). The number of nitrogens with zero attached hydrogens (tertiary/aromatic N) is 2. The third-order valence-electron chi connectivity index (χ3n) is 3.52. The summed E-state index contributed by atoms with van der Waals surface area (Å²) in [6.45, 7) is 5.88. The van der Waals surface area contributed by atoms with Crippen molar-refractivity contribution in [1.82, 2.24) is 14.6 Å². The molecule has 6 nitrogen and oxygen atoms in total. The van der Waals surface area contributed by atoms with Crippen LogP contribution >= 0.6 is 0 Å². The molecule has 0 spiro atoms. The van der Waals surface area contributed by atoms with Crippen LogP contribution in [0, 0.1) is 0 Å². The lowest BCUT2D eigenvalue weighted by Gasteiger charge is -2.05. The van der Waals surface area contributed by atoms with Gasteiger partial charge >= 0.3 is 0 Å². The summed E-state index contributed by atoms with van der Waals surface area (Å²) in [7, 11) is -3.56. The molecule has 22 heavy (non-hydrogen) atoms. The maximum absolute atomic E-state index is 12.4. The van der Waals surface area contributed by atoms with Gasteiger partial charge in [-0.05, 0) is 6.07 Å². The maximum atomic E-state index is 12.4. The smallest absolute Gasteiger partial charge is 0.242 e. The molecule has 0 unspecified atom stereocenters. The molecule has 1 aliphatic rings. The van der Waals surface area contributed by atoms with E-state index in [9.17, 15) is 8.42 Å². The van der Waals surface area contributed by atoms with E-state index in [4.69, 9.17) is 0 Å². The van der Waals surface area contributed by atoms with Gasteiger partial charge in [-0.1, -0.05) is 24.3 Å². The Morgan fingerprint density at radius 3 is 2.95 bits per heavy atom. The molecule has 1 aromatic carbocycles. The normalized spacial score (nSPS) is 14.8. The fourth-order valence-electron chi connectivity index (χ4n) is 2.52. The van der Waals surface area contributed by atoms with Gasteiger partial charge in [0.05, 0.1) is 13.1 Å². The molecule has 1 aliphatic heterocycles. The van der Waals surface area contributed by atoms with Crippen molar-refractivity contribution in [2.75, 3.05) is 19.6 Å². The lowest BCUT2D eigenvalue weighted by molar-refractivity contribution is 0.586. The Labute approximate surface area is 129 Å². The molecule has 0 amide bonds. The van der Waals surface area contributed by atoms with E-state index in [2.05, 4.69) is 21.6 Å². The van der Waals surface area contributed by atoms with Crippen LogP contribution in [0.3, 0.4) is 0 Å². The Morgan fingerprint density at radius 2 is 2.23 bits per heavy atom. The summed E-state index contributed by atoms with van der Waals surface area (Å²) in [6.07, 6.45) is 3.19. The lowest BCUT2D eigenvalue weighted by Crippen LogP contribution is -2.24. The van der Waals surface area contributed by atoms with E-state index in [1.54, 1.807) is 6.20 Å². The summed E-state index contributed by atoms with van der Waals surface area (Å²) < 4.78 is 29.3. The Hall–Kier alpha value is -2.12. The molecule has 0 saturated heterocycles. The van der Waals surface area contributed by atoms with Crippen LogP contribution in [0.25, 0.3) is 10.9 Å². The van der Waals surface area contributed by atoms with Gasteiger partial charge in [-0.3, -0.25) is 4.99 Å². The van der Waals surface area contributed by atoms with Crippen LogP contribution in [0.2, 0.25) is 0 Å². The second kappa shape index (κ2) is 5.94. The van der Waals surface area contributed by atoms with Gasteiger partial charge in [0.1, 0.15) is 10.7 Å². The van der Waals surface area contributed by atoms with Crippen molar-refractivity contribution in [2.45, 2.75) is 11.4 Å². The van der Waals surface area contributed by atoms with Gasteiger partial charge in [-0.25, -0.2) is 13.1 Å². The molecule has 7 heteroatoms. The molecule has 0 radical (unpaired) electrons. The molecule has 0 fully saturated rings. The molecule has 2 heterocycles. The molecule has 1 aromatic heterocycles. The van der Waals surface area contributed by atoms with Gasteiger partial charge in [0.2, 0.25) is 10.0 Å². The first kappa shape index (κ1) is 14.8. The minimum atomic E-state index is -3.56. The summed E-state index contributed by atoms with van der Waals surface area (Å²) in [6, 6.07) is 7.47. The van der Waals surface area contributed by atoms with Gasteiger partial charge in [0, 0.05) is 30.2 Å². The fourth-order valence-corrected chi connectivity index (χ4v) is 3.74. The SMILES string of the molecule is C=CCNS(=O)(=O)c1cn(CC2=NCCN2)c2ccccc12. The zero-order valence-electron chi connectivity index (χ0n) is 12.1. The third-order valence-corrected chi connectivity index (χ3v) is 4.97. The van der Waals surface area contributed by atoms with Crippen molar-refractivity contribution in [3.05, 3.63) is 43.1 Å². The summed E-state index contributed by atoms with van der Waals surface area (Å²) in [5.74, 6) is 0.878. The van der Waals surface area contributed by atoms with Crippen molar-refractivity contribution in [3.63, 3.8) is 0 Å². The van der Waals surface area contributed by atoms with Crippen LogP contribution in [0.15, 0.2) is 53.0 Å². The van der Waals surface area contributed by atoms with Crippen molar-refractivity contribution >= 4 is 26.8 Å². The molecular weight excluding hydrogens is 300 g/mol. The number of sulfonamides is 1. The quantitative estimate of drug-likeness (QED) is 0.783. The van der Waals surface area contributed by atoms with Crippen molar-refractivity contribution in [1.29, 1.82) is 0 Å². The number of para-hydroxylation sites is 1. The molecule has 0 aliphatic carbocycles. The number of amidine groups is 1. The van der Waals surface area contributed by atoms with Crippen LogP contribution in [-0.2, 0) is 16.6 Å². The number of aromatic nitrogens is 1. The number of benzene rings is 1. The molecular formula is C15H18N4O2S. The minimum absolute atomic E-state index is 0.204. The number of nitrogens with one attached hydrogen (secondary N) is 2. The van der Waals surface area contributed by atoms with E-state index in [0.717, 1.165) is 24.4 Å². The Kier molecular flexibility index (Phi) is 4.00. The van der Waals surface area contributed by atoms with Crippen LogP contribution < -0.4 is 10.0 Å². The summed E-state index contributed by atoms with van der Waals surface area (Å²) >= 11 is 0. The molecule has 2 aromatic rings. The average molecular weight is 318 g/mol. The lowest BCUT2D eigenvalue weighted by atomic mass is 10.2. The Bertz CT molecular complexity index is 836. The minimum Gasteiger partial charge on any atom is -0.370 e. The predicted molar refractivity (Wildman–Crippen MR) is 87.6 cm³/mol. The molecule has 0 bridgehead atoms. The molecule has 116 valence electrons. The highest BCUT2D eigenvalue weighted by atomic mass is 32.2. The maximum Gasteiger partial charge on any atom is 0.242 e. The monoisotopic (exact) mass is 318 g/mol. The number of hydrogen-bond donors (Lipinski definition) is 2. The first-order chi connectivity index (χ1) is 10.6. The second-order valence-corrected chi connectivity index (χ2v) is 6.77.